The Labute approximate surface area is 103 Å². The molecule has 2 rings (SSSR count). The van der Waals surface area contributed by atoms with Crippen LogP contribution in [0.15, 0.2) is 12.3 Å². The molecule has 18 heavy (non-hydrogen) atoms. The van der Waals surface area contributed by atoms with Crippen LogP contribution in [0.1, 0.15) is 23.8 Å². The number of nitrogens with one attached hydrogen (secondary N) is 2. The number of H-pyrrole nitrogens is 1. The van der Waals surface area contributed by atoms with E-state index >= 15 is 0 Å². The van der Waals surface area contributed by atoms with Crippen molar-refractivity contribution in [2.75, 3.05) is 12.3 Å². The molecule has 1 aromatic heterocycles. The maximum Gasteiger partial charge on any atom is 0.271 e. The van der Waals surface area contributed by atoms with Crippen LogP contribution in [0.2, 0.25) is 0 Å². The fourth-order valence-corrected chi connectivity index (χ4v) is 1.98. The molecule has 1 aliphatic rings. The Morgan fingerprint density at radius 1 is 1.56 bits per heavy atom. The van der Waals surface area contributed by atoms with Crippen molar-refractivity contribution < 1.29 is 14.4 Å². The third-order valence-electron chi connectivity index (χ3n) is 2.84. The lowest BCUT2D eigenvalue weighted by atomic mass is 10.1. The minimum Gasteiger partial charge on any atom is -0.397 e. The Balaban J connectivity index is 2.26. The van der Waals surface area contributed by atoms with E-state index in [1.165, 1.54) is 17.2 Å². The molecular formula is C11H14N4O3. The Kier molecular flexibility index (Phi) is 3.05. The summed E-state index contributed by atoms with van der Waals surface area (Å²) in [7, 11) is 0. The van der Waals surface area contributed by atoms with Gasteiger partial charge in [-0.15, -0.1) is 0 Å². The SMILES string of the molecule is CCC1C(=O)NC(=O)CN1C(=O)c1cc(N)c[nH]1. The van der Waals surface area contributed by atoms with E-state index in [4.69, 9.17) is 5.73 Å². The van der Waals surface area contributed by atoms with Gasteiger partial charge in [0.1, 0.15) is 18.3 Å². The molecule has 1 aliphatic heterocycles. The highest BCUT2D eigenvalue weighted by Crippen LogP contribution is 2.14. The van der Waals surface area contributed by atoms with Gasteiger partial charge in [0.05, 0.1) is 0 Å². The Hall–Kier alpha value is -2.31. The molecule has 7 nitrogen and oxygen atoms in total. The molecule has 7 heteroatoms. The number of hydrogen-bond acceptors (Lipinski definition) is 4. The number of aromatic nitrogens is 1. The summed E-state index contributed by atoms with van der Waals surface area (Å²) in [6.07, 6.45) is 1.93. The number of carbonyl (C=O) groups excluding carboxylic acids is 3. The lowest BCUT2D eigenvalue weighted by Crippen LogP contribution is -2.59. The quantitative estimate of drug-likeness (QED) is 0.613. The highest BCUT2D eigenvalue weighted by molar-refractivity contribution is 6.06. The fourth-order valence-electron chi connectivity index (χ4n) is 1.98. The maximum absolute atomic E-state index is 12.2. The lowest BCUT2D eigenvalue weighted by Gasteiger charge is -2.33. The second-order valence-electron chi connectivity index (χ2n) is 4.12. The summed E-state index contributed by atoms with van der Waals surface area (Å²) < 4.78 is 0. The summed E-state index contributed by atoms with van der Waals surface area (Å²) in [4.78, 5) is 39.1. The third-order valence-corrected chi connectivity index (χ3v) is 2.84. The number of rotatable bonds is 2. The zero-order valence-electron chi connectivity index (χ0n) is 9.90. The van der Waals surface area contributed by atoms with Crippen LogP contribution in [-0.4, -0.2) is 40.2 Å². The van der Waals surface area contributed by atoms with Gasteiger partial charge in [0.2, 0.25) is 11.8 Å². The van der Waals surface area contributed by atoms with E-state index in [2.05, 4.69) is 10.3 Å². The summed E-state index contributed by atoms with van der Waals surface area (Å²) >= 11 is 0. The number of amides is 3. The van der Waals surface area contributed by atoms with Crippen LogP contribution in [0.25, 0.3) is 0 Å². The van der Waals surface area contributed by atoms with E-state index in [-0.39, 0.29) is 12.2 Å². The van der Waals surface area contributed by atoms with Crippen molar-refractivity contribution in [3.05, 3.63) is 18.0 Å². The summed E-state index contributed by atoms with van der Waals surface area (Å²) in [5.74, 6) is -1.32. The van der Waals surface area contributed by atoms with E-state index in [1.54, 1.807) is 6.92 Å². The normalized spacial score (nSPS) is 19.8. The zero-order valence-corrected chi connectivity index (χ0v) is 9.90. The number of nitrogens with zero attached hydrogens (tertiary/aromatic N) is 1. The Morgan fingerprint density at radius 2 is 2.28 bits per heavy atom. The Morgan fingerprint density at radius 3 is 2.83 bits per heavy atom. The van der Waals surface area contributed by atoms with Gasteiger partial charge in [-0.2, -0.15) is 0 Å². The molecular weight excluding hydrogens is 236 g/mol. The molecule has 1 aromatic rings. The van der Waals surface area contributed by atoms with Gasteiger partial charge < -0.3 is 15.6 Å². The van der Waals surface area contributed by atoms with Crippen LogP contribution in [0.4, 0.5) is 5.69 Å². The number of nitrogen functional groups attached to an aromatic ring is 1. The largest absolute Gasteiger partial charge is 0.397 e. The number of anilines is 1. The number of aromatic amines is 1. The molecule has 3 amide bonds. The molecule has 96 valence electrons. The van der Waals surface area contributed by atoms with Crippen LogP contribution in [-0.2, 0) is 9.59 Å². The van der Waals surface area contributed by atoms with Crippen LogP contribution >= 0.6 is 0 Å². The first kappa shape index (κ1) is 12.2. The van der Waals surface area contributed by atoms with Gasteiger partial charge in [-0.25, -0.2) is 0 Å². The average Bonchev–Trinajstić information content (AvgIpc) is 2.74. The number of nitrogens with two attached hydrogens (primary N) is 1. The summed E-state index contributed by atoms with van der Waals surface area (Å²) in [5, 5.41) is 2.22. The van der Waals surface area contributed by atoms with Gasteiger partial charge in [0.25, 0.3) is 5.91 Å². The molecule has 0 bridgehead atoms. The Bertz CT molecular complexity index is 508. The fraction of sp³-hybridized carbons (Fsp3) is 0.364. The molecule has 2 heterocycles. The zero-order chi connectivity index (χ0) is 13.3. The van der Waals surface area contributed by atoms with Gasteiger partial charge in [0.15, 0.2) is 0 Å². The molecule has 1 fully saturated rings. The van der Waals surface area contributed by atoms with E-state index in [9.17, 15) is 14.4 Å². The number of hydrogen-bond donors (Lipinski definition) is 3. The molecule has 1 atom stereocenters. The standard InChI is InChI=1S/C11H14N4O3/c1-2-8-10(17)14-9(16)5-15(8)11(18)7-3-6(12)4-13-7/h3-4,8,13H,2,5,12H2,1H3,(H,14,16,17). The van der Waals surface area contributed by atoms with Gasteiger partial charge in [-0.3, -0.25) is 19.7 Å². The van der Waals surface area contributed by atoms with Gasteiger partial charge in [-0.05, 0) is 12.5 Å². The molecule has 0 spiro atoms. The van der Waals surface area contributed by atoms with Crippen molar-refractivity contribution in [1.82, 2.24) is 15.2 Å². The van der Waals surface area contributed by atoms with Crippen LogP contribution in [0.3, 0.4) is 0 Å². The van der Waals surface area contributed by atoms with Crippen molar-refractivity contribution in [2.45, 2.75) is 19.4 Å². The van der Waals surface area contributed by atoms with Gasteiger partial charge in [-0.1, -0.05) is 6.92 Å². The molecule has 4 N–H and O–H groups in total. The topological polar surface area (TPSA) is 108 Å². The summed E-state index contributed by atoms with van der Waals surface area (Å²) in [6, 6.07) is 0.853. The van der Waals surface area contributed by atoms with Crippen LogP contribution in [0.5, 0.6) is 0 Å². The minimum absolute atomic E-state index is 0.123. The molecule has 0 radical (unpaired) electrons. The van der Waals surface area contributed by atoms with Crippen molar-refractivity contribution in [3.8, 4) is 0 Å². The predicted molar refractivity (Wildman–Crippen MR) is 63.5 cm³/mol. The predicted octanol–water partition coefficient (Wildman–Crippen LogP) is -0.526. The second kappa shape index (κ2) is 4.52. The minimum atomic E-state index is -0.625. The monoisotopic (exact) mass is 250 g/mol. The van der Waals surface area contributed by atoms with Gasteiger partial charge >= 0.3 is 0 Å². The molecule has 0 aliphatic carbocycles. The van der Waals surface area contributed by atoms with Crippen molar-refractivity contribution >= 4 is 23.4 Å². The third kappa shape index (κ3) is 2.06. The van der Waals surface area contributed by atoms with Crippen LogP contribution < -0.4 is 11.1 Å². The second-order valence-corrected chi connectivity index (χ2v) is 4.12. The summed E-state index contributed by atoms with van der Waals surface area (Å²) in [6.45, 7) is 1.66. The van der Waals surface area contributed by atoms with E-state index in [0.29, 0.717) is 12.1 Å². The molecule has 0 aromatic carbocycles. The van der Waals surface area contributed by atoms with Crippen molar-refractivity contribution in [1.29, 1.82) is 0 Å². The highest BCUT2D eigenvalue weighted by atomic mass is 16.2. The summed E-state index contributed by atoms with van der Waals surface area (Å²) in [5.41, 5.74) is 6.22. The maximum atomic E-state index is 12.2. The number of piperazine rings is 1. The van der Waals surface area contributed by atoms with Crippen molar-refractivity contribution in [2.24, 2.45) is 0 Å². The van der Waals surface area contributed by atoms with E-state index in [0.717, 1.165) is 0 Å². The highest BCUT2D eigenvalue weighted by Gasteiger charge is 2.36. The van der Waals surface area contributed by atoms with Crippen LogP contribution in [0, 0.1) is 0 Å². The number of imide groups is 1. The van der Waals surface area contributed by atoms with Crippen molar-refractivity contribution in [3.63, 3.8) is 0 Å². The van der Waals surface area contributed by atoms with Gasteiger partial charge in [0, 0.05) is 11.9 Å². The van der Waals surface area contributed by atoms with E-state index < -0.39 is 23.8 Å². The first-order chi connectivity index (χ1) is 8.52. The van der Waals surface area contributed by atoms with E-state index in [1.807, 2.05) is 0 Å². The lowest BCUT2D eigenvalue weighted by molar-refractivity contribution is -0.138. The molecule has 1 unspecified atom stereocenters. The molecule has 0 saturated carbocycles. The average molecular weight is 250 g/mol. The first-order valence-electron chi connectivity index (χ1n) is 5.61. The number of carbonyl (C=O) groups is 3. The smallest absolute Gasteiger partial charge is 0.271 e. The molecule has 1 saturated heterocycles. The first-order valence-corrected chi connectivity index (χ1v) is 5.61.